The highest BCUT2D eigenvalue weighted by Gasteiger charge is 2.15. The van der Waals surface area contributed by atoms with Crippen molar-refractivity contribution >= 4 is 35.1 Å². The molecule has 3 rings (SSSR count). The Bertz CT molecular complexity index is 881. The predicted molar refractivity (Wildman–Crippen MR) is 118 cm³/mol. The smallest absolute Gasteiger partial charge is 0.237 e. The quantitative estimate of drug-likeness (QED) is 0.470. The van der Waals surface area contributed by atoms with Crippen molar-refractivity contribution in [1.29, 1.82) is 0 Å². The number of hydrogen-bond donors (Lipinski definition) is 1. The summed E-state index contributed by atoms with van der Waals surface area (Å²) in [5.74, 6) is 0.942. The molecule has 0 fully saturated rings. The number of aryl methyl sites for hydroxylation is 1. The van der Waals surface area contributed by atoms with Crippen molar-refractivity contribution in [1.82, 2.24) is 0 Å². The average molecular weight is 394 g/mol. The molecule has 138 valence electrons. The number of nitrogens with one attached hydrogen (secondary N) is 1. The molecular formula is C23H23NOS2. The van der Waals surface area contributed by atoms with Gasteiger partial charge in [-0.05, 0) is 55.3 Å². The highest BCUT2D eigenvalue weighted by Crippen LogP contribution is 2.27. The zero-order chi connectivity index (χ0) is 19.1. The number of anilines is 1. The van der Waals surface area contributed by atoms with Crippen LogP contribution in [0.4, 0.5) is 5.69 Å². The van der Waals surface area contributed by atoms with Gasteiger partial charge >= 0.3 is 0 Å². The van der Waals surface area contributed by atoms with E-state index in [1.807, 2.05) is 68.1 Å². The van der Waals surface area contributed by atoms with Crippen LogP contribution in [0.15, 0.2) is 88.7 Å². The lowest BCUT2D eigenvalue weighted by atomic mass is 10.1. The Morgan fingerprint density at radius 2 is 1.56 bits per heavy atom. The van der Waals surface area contributed by atoms with Crippen molar-refractivity contribution < 1.29 is 4.79 Å². The summed E-state index contributed by atoms with van der Waals surface area (Å²) in [6.07, 6.45) is 0. The Kier molecular flexibility index (Phi) is 7.02. The number of hydrogen-bond acceptors (Lipinski definition) is 3. The van der Waals surface area contributed by atoms with Crippen LogP contribution in [0, 0.1) is 6.92 Å². The van der Waals surface area contributed by atoms with Crippen molar-refractivity contribution in [3.05, 3.63) is 90.0 Å². The summed E-state index contributed by atoms with van der Waals surface area (Å²) in [5.41, 5.74) is 3.23. The van der Waals surface area contributed by atoms with Gasteiger partial charge in [-0.15, -0.1) is 23.5 Å². The molecule has 0 aliphatic carbocycles. The summed E-state index contributed by atoms with van der Waals surface area (Å²) < 4.78 is 0. The molecule has 0 bridgehead atoms. The van der Waals surface area contributed by atoms with Gasteiger partial charge in [0, 0.05) is 21.2 Å². The Balaban J connectivity index is 1.57. The van der Waals surface area contributed by atoms with Gasteiger partial charge in [-0.3, -0.25) is 4.79 Å². The van der Waals surface area contributed by atoms with Gasteiger partial charge in [-0.2, -0.15) is 0 Å². The Morgan fingerprint density at radius 3 is 2.19 bits per heavy atom. The maximum absolute atomic E-state index is 12.5. The van der Waals surface area contributed by atoms with Crippen LogP contribution >= 0.6 is 23.5 Å². The minimum atomic E-state index is -0.153. The van der Waals surface area contributed by atoms with Crippen molar-refractivity contribution in [2.24, 2.45) is 0 Å². The molecular weight excluding hydrogens is 370 g/mol. The molecule has 27 heavy (non-hydrogen) atoms. The van der Waals surface area contributed by atoms with Crippen molar-refractivity contribution in [3.8, 4) is 0 Å². The molecule has 3 aromatic carbocycles. The molecule has 4 heteroatoms. The molecule has 3 aromatic rings. The Morgan fingerprint density at radius 1 is 0.926 bits per heavy atom. The third-order valence-electron chi connectivity index (χ3n) is 4.12. The Hall–Kier alpha value is -2.17. The van der Waals surface area contributed by atoms with Gasteiger partial charge in [0.1, 0.15) is 0 Å². The van der Waals surface area contributed by atoms with Crippen LogP contribution in [0.5, 0.6) is 0 Å². The lowest BCUT2D eigenvalue weighted by molar-refractivity contribution is -0.115. The first-order chi connectivity index (χ1) is 13.1. The highest BCUT2D eigenvalue weighted by atomic mass is 32.2. The minimum Gasteiger partial charge on any atom is -0.325 e. The van der Waals surface area contributed by atoms with E-state index in [1.165, 1.54) is 10.5 Å². The van der Waals surface area contributed by atoms with Crippen molar-refractivity contribution in [2.75, 3.05) is 5.32 Å². The summed E-state index contributed by atoms with van der Waals surface area (Å²) in [6, 6.07) is 26.7. The summed E-state index contributed by atoms with van der Waals surface area (Å²) in [5, 5.41) is 2.91. The number of rotatable bonds is 7. The van der Waals surface area contributed by atoms with Crippen LogP contribution in [0.1, 0.15) is 18.1 Å². The molecule has 0 aliphatic rings. The number of thioether (sulfide) groups is 2. The van der Waals surface area contributed by atoms with Crippen LogP contribution in [0.25, 0.3) is 0 Å². The number of benzene rings is 3. The maximum Gasteiger partial charge on any atom is 0.237 e. The van der Waals surface area contributed by atoms with Gasteiger partial charge in [0.15, 0.2) is 0 Å². The third kappa shape index (κ3) is 5.91. The van der Waals surface area contributed by atoms with E-state index in [9.17, 15) is 4.79 Å². The molecule has 0 radical (unpaired) electrons. The molecule has 0 heterocycles. The fourth-order valence-electron chi connectivity index (χ4n) is 2.63. The van der Waals surface area contributed by atoms with E-state index in [-0.39, 0.29) is 11.2 Å². The number of carbonyl (C=O) groups excluding carboxylic acids is 1. The second kappa shape index (κ2) is 9.67. The molecule has 1 atom stereocenters. The molecule has 0 aromatic heterocycles. The molecule has 0 spiro atoms. The van der Waals surface area contributed by atoms with Gasteiger partial charge in [0.05, 0.1) is 5.25 Å². The topological polar surface area (TPSA) is 29.1 Å². The van der Waals surface area contributed by atoms with E-state index in [2.05, 4.69) is 41.7 Å². The lowest BCUT2D eigenvalue weighted by Gasteiger charge is -2.14. The largest absolute Gasteiger partial charge is 0.325 e. The molecule has 1 amide bonds. The third-order valence-corrected chi connectivity index (χ3v) is 6.32. The van der Waals surface area contributed by atoms with Gasteiger partial charge in [0.2, 0.25) is 5.91 Å². The number of carbonyl (C=O) groups is 1. The molecule has 0 saturated heterocycles. The monoisotopic (exact) mass is 393 g/mol. The zero-order valence-corrected chi connectivity index (χ0v) is 17.1. The summed E-state index contributed by atoms with van der Waals surface area (Å²) in [6.45, 7) is 3.98. The first-order valence-electron chi connectivity index (χ1n) is 8.92. The average Bonchev–Trinajstić information content (AvgIpc) is 2.69. The van der Waals surface area contributed by atoms with E-state index >= 15 is 0 Å². The van der Waals surface area contributed by atoms with E-state index < -0.39 is 0 Å². The van der Waals surface area contributed by atoms with Crippen LogP contribution in [0.3, 0.4) is 0 Å². The number of amides is 1. The van der Waals surface area contributed by atoms with Gasteiger partial charge < -0.3 is 5.32 Å². The predicted octanol–water partition coefficient (Wildman–Crippen LogP) is 6.41. The highest BCUT2D eigenvalue weighted by molar-refractivity contribution is 8.00. The summed E-state index contributed by atoms with van der Waals surface area (Å²) >= 11 is 3.39. The molecule has 0 saturated carbocycles. The lowest BCUT2D eigenvalue weighted by Crippen LogP contribution is -2.22. The fraction of sp³-hybridized carbons (Fsp3) is 0.174. The summed E-state index contributed by atoms with van der Waals surface area (Å²) in [7, 11) is 0. The second-order valence-electron chi connectivity index (χ2n) is 6.31. The molecule has 0 aliphatic heterocycles. The molecule has 0 unspecified atom stereocenters. The maximum atomic E-state index is 12.5. The first kappa shape index (κ1) is 19.6. The van der Waals surface area contributed by atoms with Crippen molar-refractivity contribution in [2.45, 2.75) is 34.6 Å². The van der Waals surface area contributed by atoms with E-state index in [4.69, 9.17) is 0 Å². The Labute approximate surface area is 169 Å². The van der Waals surface area contributed by atoms with Crippen LogP contribution < -0.4 is 5.32 Å². The van der Waals surface area contributed by atoms with E-state index in [1.54, 1.807) is 11.8 Å². The van der Waals surface area contributed by atoms with Crippen LogP contribution in [-0.4, -0.2) is 11.2 Å². The van der Waals surface area contributed by atoms with E-state index in [0.29, 0.717) is 0 Å². The van der Waals surface area contributed by atoms with Gasteiger partial charge in [0.25, 0.3) is 0 Å². The zero-order valence-electron chi connectivity index (χ0n) is 15.5. The van der Waals surface area contributed by atoms with Crippen LogP contribution in [0.2, 0.25) is 0 Å². The van der Waals surface area contributed by atoms with Crippen LogP contribution in [-0.2, 0) is 10.5 Å². The fourth-order valence-corrected chi connectivity index (χ4v) is 4.38. The standard InChI is InChI=1S/C23H23NOS2/c1-17-15-19(16-26-20-9-5-3-6-10-20)13-14-22(17)24-23(25)18(2)27-21-11-7-4-8-12-21/h3-15,18H,16H2,1-2H3,(H,24,25)/t18-/m0/s1. The summed E-state index contributed by atoms with van der Waals surface area (Å²) in [4.78, 5) is 14.9. The minimum absolute atomic E-state index is 0.0263. The second-order valence-corrected chi connectivity index (χ2v) is 8.78. The first-order valence-corrected chi connectivity index (χ1v) is 10.8. The van der Waals surface area contributed by atoms with Gasteiger partial charge in [-0.1, -0.05) is 48.5 Å². The SMILES string of the molecule is Cc1cc(CSc2ccccc2)ccc1NC(=O)[C@H](C)Sc1ccccc1. The normalized spacial score (nSPS) is 11.8. The van der Waals surface area contributed by atoms with Gasteiger partial charge in [-0.25, -0.2) is 0 Å². The van der Waals surface area contributed by atoms with Crippen molar-refractivity contribution in [3.63, 3.8) is 0 Å². The molecule has 1 N–H and O–H groups in total. The molecule has 2 nitrogen and oxygen atoms in total. The van der Waals surface area contributed by atoms with E-state index in [0.717, 1.165) is 21.9 Å².